The zero-order chi connectivity index (χ0) is 14.5. The van der Waals surface area contributed by atoms with Crippen molar-refractivity contribution in [3.05, 3.63) is 53.5 Å². The number of ether oxygens (including phenoxy) is 2. The zero-order valence-electron chi connectivity index (χ0n) is 12.1. The predicted octanol–water partition coefficient (Wildman–Crippen LogP) is 3.20. The molecule has 1 heterocycles. The van der Waals surface area contributed by atoms with Gasteiger partial charge in [-0.05, 0) is 43.7 Å². The summed E-state index contributed by atoms with van der Waals surface area (Å²) in [7, 11) is 1.65. The molecular weight excluding hydrogens is 254 g/mol. The molecular formula is C16H21NO3. The van der Waals surface area contributed by atoms with E-state index in [4.69, 9.17) is 19.6 Å². The number of benzene rings is 1. The summed E-state index contributed by atoms with van der Waals surface area (Å²) >= 11 is 0. The van der Waals surface area contributed by atoms with Gasteiger partial charge in [0.1, 0.15) is 23.4 Å². The summed E-state index contributed by atoms with van der Waals surface area (Å²) in [4.78, 5) is 0. The van der Waals surface area contributed by atoms with Crippen LogP contribution in [0.25, 0.3) is 0 Å². The Hall–Kier alpha value is -1.78. The highest BCUT2D eigenvalue weighted by Gasteiger charge is 2.20. The fourth-order valence-electron chi connectivity index (χ4n) is 2.05. The van der Waals surface area contributed by atoms with Gasteiger partial charge in [0.15, 0.2) is 0 Å². The first kappa shape index (κ1) is 14.6. The number of hydrogen-bond donors (Lipinski definition) is 1. The quantitative estimate of drug-likeness (QED) is 0.879. The number of rotatable bonds is 6. The number of furan rings is 1. The summed E-state index contributed by atoms with van der Waals surface area (Å²) in [5.41, 5.74) is 7.03. The molecule has 2 aromatic rings. The molecule has 0 radical (unpaired) electrons. The van der Waals surface area contributed by atoms with Gasteiger partial charge in [-0.3, -0.25) is 0 Å². The standard InChI is InChI=1S/C16H21NO3/c1-11-7-8-15(20-11)16(12(2)17)19-10-13-5-4-6-14(9-13)18-3/h4-9,12,16H,10,17H2,1-3H3. The lowest BCUT2D eigenvalue weighted by Crippen LogP contribution is -2.26. The molecule has 1 aromatic carbocycles. The topological polar surface area (TPSA) is 57.6 Å². The fraction of sp³-hybridized carbons (Fsp3) is 0.375. The van der Waals surface area contributed by atoms with Gasteiger partial charge in [-0.25, -0.2) is 0 Å². The van der Waals surface area contributed by atoms with Gasteiger partial charge in [-0.15, -0.1) is 0 Å². The lowest BCUT2D eigenvalue weighted by Gasteiger charge is -2.19. The second-order valence-electron chi connectivity index (χ2n) is 4.89. The molecule has 0 bridgehead atoms. The molecule has 4 heteroatoms. The predicted molar refractivity (Wildman–Crippen MR) is 77.6 cm³/mol. The third-order valence-electron chi connectivity index (χ3n) is 3.08. The third-order valence-corrected chi connectivity index (χ3v) is 3.08. The smallest absolute Gasteiger partial charge is 0.134 e. The maximum Gasteiger partial charge on any atom is 0.134 e. The summed E-state index contributed by atoms with van der Waals surface area (Å²) in [5.74, 6) is 2.44. The minimum Gasteiger partial charge on any atom is -0.497 e. The van der Waals surface area contributed by atoms with Crippen LogP contribution in [-0.4, -0.2) is 13.2 Å². The van der Waals surface area contributed by atoms with E-state index in [0.717, 1.165) is 22.8 Å². The SMILES string of the molecule is COc1cccc(COC(c2ccc(C)o2)C(C)N)c1. The van der Waals surface area contributed by atoms with Gasteiger partial charge in [-0.2, -0.15) is 0 Å². The van der Waals surface area contributed by atoms with Crippen LogP contribution in [0.5, 0.6) is 5.75 Å². The normalized spacial score (nSPS) is 14.0. The van der Waals surface area contributed by atoms with Crippen LogP contribution < -0.4 is 10.5 Å². The molecule has 4 nitrogen and oxygen atoms in total. The van der Waals surface area contributed by atoms with E-state index in [1.165, 1.54) is 0 Å². The molecule has 0 fully saturated rings. The first-order chi connectivity index (χ1) is 9.60. The molecule has 0 aliphatic rings. The molecule has 0 amide bonds. The van der Waals surface area contributed by atoms with Gasteiger partial charge < -0.3 is 19.6 Å². The molecule has 0 saturated carbocycles. The van der Waals surface area contributed by atoms with Crippen LogP contribution in [0.3, 0.4) is 0 Å². The van der Waals surface area contributed by atoms with Crippen molar-refractivity contribution in [2.75, 3.05) is 7.11 Å². The van der Waals surface area contributed by atoms with Crippen molar-refractivity contribution < 1.29 is 13.9 Å². The Morgan fingerprint density at radius 2 is 2.05 bits per heavy atom. The highest BCUT2D eigenvalue weighted by molar-refractivity contribution is 5.28. The number of nitrogens with two attached hydrogens (primary N) is 1. The molecule has 0 saturated heterocycles. The average Bonchev–Trinajstić information content (AvgIpc) is 2.85. The van der Waals surface area contributed by atoms with Gasteiger partial charge in [-0.1, -0.05) is 12.1 Å². The van der Waals surface area contributed by atoms with Gasteiger partial charge in [0.05, 0.1) is 13.7 Å². The largest absolute Gasteiger partial charge is 0.497 e. The maximum absolute atomic E-state index is 5.99. The number of aryl methyl sites for hydroxylation is 1. The number of methoxy groups -OCH3 is 1. The van der Waals surface area contributed by atoms with E-state index in [-0.39, 0.29) is 12.1 Å². The monoisotopic (exact) mass is 275 g/mol. The van der Waals surface area contributed by atoms with Crippen molar-refractivity contribution in [3.8, 4) is 5.75 Å². The molecule has 2 atom stereocenters. The van der Waals surface area contributed by atoms with Gasteiger partial charge >= 0.3 is 0 Å². The highest BCUT2D eigenvalue weighted by Crippen LogP contribution is 2.24. The molecule has 0 aliphatic carbocycles. The van der Waals surface area contributed by atoms with E-state index in [1.54, 1.807) is 7.11 Å². The summed E-state index contributed by atoms with van der Waals surface area (Å²) < 4.78 is 16.7. The lowest BCUT2D eigenvalue weighted by atomic mass is 10.1. The van der Waals surface area contributed by atoms with Crippen molar-refractivity contribution in [1.29, 1.82) is 0 Å². The van der Waals surface area contributed by atoms with Crippen molar-refractivity contribution in [1.82, 2.24) is 0 Å². The van der Waals surface area contributed by atoms with Gasteiger partial charge in [0.25, 0.3) is 0 Å². The molecule has 0 aliphatic heterocycles. The first-order valence-corrected chi connectivity index (χ1v) is 6.66. The van der Waals surface area contributed by atoms with E-state index in [2.05, 4.69) is 0 Å². The Labute approximate surface area is 119 Å². The Bertz CT molecular complexity index is 548. The summed E-state index contributed by atoms with van der Waals surface area (Å²) in [5, 5.41) is 0. The Morgan fingerprint density at radius 3 is 2.65 bits per heavy atom. The molecule has 1 aromatic heterocycles. The van der Waals surface area contributed by atoms with Crippen molar-refractivity contribution in [2.45, 2.75) is 32.6 Å². The van der Waals surface area contributed by atoms with Crippen LogP contribution >= 0.6 is 0 Å². The van der Waals surface area contributed by atoms with Crippen molar-refractivity contribution >= 4 is 0 Å². The van der Waals surface area contributed by atoms with Crippen LogP contribution in [0.15, 0.2) is 40.8 Å². The van der Waals surface area contributed by atoms with Crippen LogP contribution in [-0.2, 0) is 11.3 Å². The molecule has 108 valence electrons. The zero-order valence-corrected chi connectivity index (χ0v) is 12.1. The van der Waals surface area contributed by atoms with E-state index < -0.39 is 0 Å². The summed E-state index contributed by atoms with van der Waals surface area (Å²) in [6.45, 7) is 4.28. The summed E-state index contributed by atoms with van der Waals surface area (Å²) in [6, 6.07) is 11.5. The summed E-state index contributed by atoms with van der Waals surface area (Å²) in [6.07, 6.45) is -0.255. The first-order valence-electron chi connectivity index (χ1n) is 6.66. The van der Waals surface area contributed by atoms with Crippen LogP contribution in [0.2, 0.25) is 0 Å². The molecule has 2 N–H and O–H groups in total. The minimum atomic E-state index is -0.255. The average molecular weight is 275 g/mol. The van der Waals surface area contributed by atoms with Crippen molar-refractivity contribution in [3.63, 3.8) is 0 Å². The van der Waals surface area contributed by atoms with E-state index in [0.29, 0.717) is 6.61 Å². The van der Waals surface area contributed by atoms with Crippen LogP contribution in [0, 0.1) is 6.92 Å². The van der Waals surface area contributed by atoms with Gasteiger partial charge in [0.2, 0.25) is 0 Å². The van der Waals surface area contributed by atoms with E-state index >= 15 is 0 Å². The Kier molecular flexibility index (Phi) is 4.82. The third kappa shape index (κ3) is 3.62. The van der Waals surface area contributed by atoms with E-state index in [9.17, 15) is 0 Å². The maximum atomic E-state index is 5.99. The van der Waals surface area contributed by atoms with E-state index in [1.807, 2.05) is 50.2 Å². The highest BCUT2D eigenvalue weighted by atomic mass is 16.5. The fourth-order valence-corrected chi connectivity index (χ4v) is 2.05. The molecule has 20 heavy (non-hydrogen) atoms. The van der Waals surface area contributed by atoms with Gasteiger partial charge in [0, 0.05) is 6.04 Å². The van der Waals surface area contributed by atoms with Crippen LogP contribution in [0.1, 0.15) is 30.1 Å². The minimum absolute atomic E-state index is 0.147. The lowest BCUT2D eigenvalue weighted by molar-refractivity contribution is 0.0114. The molecule has 0 spiro atoms. The van der Waals surface area contributed by atoms with Crippen molar-refractivity contribution in [2.24, 2.45) is 5.73 Å². The van der Waals surface area contributed by atoms with Crippen LogP contribution in [0.4, 0.5) is 0 Å². The molecule has 2 unspecified atom stereocenters. The Balaban J connectivity index is 2.05. The Morgan fingerprint density at radius 1 is 1.25 bits per heavy atom. The molecule has 2 rings (SSSR count). The second kappa shape index (κ2) is 6.59. The number of hydrogen-bond acceptors (Lipinski definition) is 4. The second-order valence-corrected chi connectivity index (χ2v) is 4.89.